The lowest BCUT2D eigenvalue weighted by molar-refractivity contribution is 0.0983. The molecule has 1 aliphatic heterocycles. The number of fused-ring (bicyclic) bond motifs is 1. The predicted octanol–water partition coefficient (Wildman–Crippen LogP) is 5.78. The number of aryl methyl sites for hydroxylation is 1. The van der Waals surface area contributed by atoms with Crippen LogP contribution in [0.2, 0.25) is 0 Å². The SMILES string of the molecule is C#CCCCCn1nc(CC(C)C)c2c1C(=O)N(c1ccc(OC)cc1)C2c1ccc(F)cc1. The largest absolute Gasteiger partial charge is 0.497 e. The van der Waals surface area contributed by atoms with Gasteiger partial charge in [-0.25, -0.2) is 4.39 Å². The van der Waals surface area contributed by atoms with Crippen LogP contribution in [0, 0.1) is 24.1 Å². The maximum Gasteiger partial charge on any atom is 0.277 e. The summed E-state index contributed by atoms with van der Waals surface area (Å²) < 4.78 is 20.9. The first-order valence-electron chi connectivity index (χ1n) is 11.7. The van der Waals surface area contributed by atoms with Crippen molar-refractivity contribution in [2.24, 2.45) is 5.92 Å². The average molecular weight is 460 g/mol. The Hall–Kier alpha value is -3.59. The van der Waals surface area contributed by atoms with Crippen LogP contribution in [0.4, 0.5) is 10.1 Å². The molecule has 0 aliphatic carbocycles. The Kier molecular flexibility index (Phi) is 7.02. The first-order chi connectivity index (χ1) is 16.4. The van der Waals surface area contributed by atoms with Crippen molar-refractivity contribution in [2.75, 3.05) is 12.0 Å². The summed E-state index contributed by atoms with van der Waals surface area (Å²) in [5.74, 6) is 3.34. The summed E-state index contributed by atoms with van der Waals surface area (Å²) in [4.78, 5) is 15.7. The van der Waals surface area contributed by atoms with Crippen LogP contribution >= 0.6 is 0 Å². The smallest absolute Gasteiger partial charge is 0.277 e. The molecule has 6 heteroatoms. The highest BCUT2D eigenvalue weighted by molar-refractivity contribution is 6.11. The lowest BCUT2D eigenvalue weighted by Gasteiger charge is -2.27. The number of rotatable bonds is 9. The van der Waals surface area contributed by atoms with E-state index in [1.807, 2.05) is 28.9 Å². The Morgan fingerprint density at radius 2 is 1.82 bits per heavy atom. The molecule has 1 atom stereocenters. The summed E-state index contributed by atoms with van der Waals surface area (Å²) in [7, 11) is 1.61. The third-order valence-electron chi connectivity index (χ3n) is 6.10. The van der Waals surface area contributed by atoms with Gasteiger partial charge in [0.15, 0.2) is 0 Å². The number of terminal acetylenes is 1. The predicted molar refractivity (Wildman–Crippen MR) is 131 cm³/mol. The van der Waals surface area contributed by atoms with Crippen molar-refractivity contribution < 1.29 is 13.9 Å². The molecule has 4 rings (SSSR count). The number of halogens is 1. The van der Waals surface area contributed by atoms with Crippen LogP contribution in [-0.4, -0.2) is 22.8 Å². The number of ether oxygens (including phenoxy) is 1. The van der Waals surface area contributed by atoms with Gasteiger partial charge in [0.2, 0.25) is 0 Å². The van der Waals surface area contributed by atoms with Gasteiger partial charge in [-0.3, -0.25) is 14.4 Å². The molecule has 3 aromatic rings. The van der Waals surface area contributed by atoms with Gasteiger partial charge in [-0.1, -0.05) is 26.0 Å². The van der Waals surface area contributed by atoms with Crippen LogP contribution < -0.4 is 9.64 Å². The van der Waals surface area contributed by atoms with E-state index in [1.165, 1.54) is 12.1 Å². The molecule has 0 spiro atoms. The first kappa shape index (κ1) is 23.6. The van der Waals surface area contributed by atoms with E-state index >= 15 is 0 Å². The van der Waals surface area contributed by atoms with Gasteiger partial charge in [-0.2, -0.15) is 5.10 Å². The summed E-state index contributed by atoms with van der Waals surface area (Å²) in [5.41, 5.74) is 4.05. The minimum atomic E-state index is -0.385. The Morgan fingerprint density at radius 3 is 2.44 bits per heavy atom. The van der Waals surface area contributed by atoms with E-state index in [0.717, 1.165) is 41.8 Å². The van der Waals surface area contributed by atoms with Gasteiger partial charge in [0.05, 0.1) is 18.8 Å². The Labute approximate surface area is 200 Å². The fourth-order valence-corrected chi connectivity index (χ4v) is 4.56. The number of anilines is 1. The zero-order valence-electron chi connectivity index (χ0n) is 19.9. The maximum absolute atomic E-state index is 13.9. The zero-order chi connectivity index (χ0) is 24.2. The van der Waals surface area contributed by atoms with Crippen molar-refractivity contribution in [1.29, 1.82) is 0 Å². The van der Waals surface area contributed by atoms with Crippen LogP contribution in [0.25, 0.3) is 0 Å². The minimum absolute atomic E-state index is 0.103. The van der Waals surface area contributed by atoms with Crippen LogP contribution in [0.1, 0.15) is 66.5 Å². The van der Waals surface area contributed by atoms with E-state index in [2.05, 4.69) is 19.8 Å². The molecular formula is C28H30FN3O2. The number of nitrogens with zero attached hydrogens (tertiary/aromatic N) is 3. The molecule has 1 aliphatic rings. The van der Waals surface area contributed by atoms with Gasteiger partial charge >= 0.3 is 0 Å². The summed E-state index contributed by atoms with van der Waals surface area (Å²) in [5, 5.41) is 4.89. The van der Waals surface area contributed by atoms with Crippen molar-refractivity contribution in [2.45, 2.75) is 52.1 Å². The number of methoxy groups -OCH3 is 1. The Bertz CT molecular complexity index is 1190. The molecule has 2 aromatic carbocycles. The van der Waals surface area contributed by atoms with Gasteiger partial charge in [0.25, 0.3) is 5.91 Å². The molecule has 0 bridgehead atoms. The highest BCUT2D eigenvalue weighted by Gasteiger charge is 2.44. The second-order valence-electron chi connectivity index (χ2n) is 9.02. The average Bonchev–Trinajstić information content (AvgIpc) is 3.32. The van der Waals surface area contributed by atoms with E-state index in [-0.39, 0.29) is 17.8 Å². The Morgan fingerprint density at radius 1 is 1.12 bits per heavy atom. The van der Waals surface area contributed by atoms with Crippen LogP contribution in [-0.2, 0) is 13.0 Å². The molecule has 1 aromatic heterocycles. The van der Waals surface area contributed by atoms with Gasteiger partial charge in [0, 0.05) is 24.2 Å². The van der Waals surface area contributed by atoms with Crippen LogP contribution in [0.15, 0.2) is 48.5 Å². The second kappa shape index (κ2) is 10.1. The van der Waals surface area contributed by atoms with E-state index in [0.29, 0.717) is 30.3 Å². The van der Waals surface area contributed by atoms with E-state index < -0.39 is 0 Å². The number of benzene rings is 2. The van der Waals surface area contributed by atoms with Crippen molar-refractivity contribution >= 4 is 11.6 Å². The standard InChI is InChI=1S/C28H30FN3O2/c1-5-6-7-8-17-31-27-25(24(30-31)18-19(2)3)26(20-9-11-21(29)12-10-20)32(28(27)33)22-13-15-23(34-4)16-14-22/h1,9-16,19,26H,6-8,17-18H2,2-4H3. The van der Waals surface area contributed by atoms with Crippen LogP contribution in [0.3, 0.4) is 0 Å². The van der Waals surface area contributed by atoms with Crippen LogP contribution in [0.5, 0.6) is 5.75 Å². The van der Waals surface area contributed by atoms with Crippen molar-refractivity contribution in [1.82, 2.24) is 9.78 Å². The molecule has 34 heavy (non-hydrogen) atoms. The van der Waals surface area contributed by atoms with E-state index in [4.69, 9.17) is 16.3 Å². The molecular weight excluding hydrogens is 429 g/mol. The normalized spacial score (nSPS) is 15.0. The highest BCUT2D eigenvalue weighted by Crippen LogP contribution is 2.44. The number of carbonyl (C=O) groups is 1. The number of hydrogen-bond donors (Lipinski definition) is 0. The third-order valence-corrected chi connectivity index (χ3v) is 6.10. The Balaban J connectivity index is 1.85. The molecule has 0 saturated heterocycles. The molecule has 5 nitrogen and oxygen atoms in total. The maximum atomic E-state index is 13.9. The fraction of sp³-hybridized carbons (Fsp3) is 0.357. The van der Waals surface area contributed by atoms with E-state index in [1.54, 1.807) is 24.1 Å². The third kappa shape index (κ3) is 4.56. The number of amides is 1. The first-order valence-corrected chi connectivity index (χ1v) is 11.7. The number of hydrogen-bond acceptors (Lipinski definition) is 3. The van der Waals surface area contributed by atoms with Gasteiger partial charge < -0.3 is 4.74 Å². The zero-order valence-corrected chi connectivity index (χ0v) is 19.9. The summed E-state index contributed by atoms with van der Waals surface area (Å²) in [6.45, 7) is 4.91. The monoisotopic (exact) mass is 459 g/mol. The van der Waals surface area contributed by atoms with Gasteiger partial charge in [-0.05, 0) is 67.1 Å². The van der Waals surface area contributed by atoms with Crippen molar-refractivity contribution in [3.63, 3.8) is 0 Å². The number of carbonyl (C=O) groups excluding carboxylic acids is 1. The summed E-state index contributed by atoms with van der Waals surface area (Å²) in [6, 6.07) is 13.4. The lowest BCUT2D eigenvalue weighted by Crippen LogP contribution is -2.30. The van der Waals surface area contributed by atoms with Gasteiger partial charge in [-0.15, -0.1) is 12.3 Å². The fourth-order valence-electron chi connectivity index (χ4n) is 4.56. The molecule has 176 valence electrons. The molecule has 1 amide bonds. The topological polar surface area (TPSA) is 47.4 Å². The van der Waals surface area contributed by atoms with Crippen molar-refractivity contribution in [3.05, 3.63) is 76.9 Å². The molecule has 0 radical (unpaired) electrons. The molecule has 2 heterocycles. The summed E-state index contributed by atoms with van der Waals surface area (Å²) in [6.07, 6.45) is 8.58. The molecule has 0 N–H and O–H groups in total. The van der Waals surface area contributed by atoms with Crippen molar-refractivity contribution in [3.8, 4) is 18.1 Å². The highest BCUT2D eigenvalue weighted by atomic mass is 19.1. The molecule has 1 unspecified atom stereocenters. The number of aromatic nitrogens is 2. The van der Waals surface area contributed by atoms with E-state index in [9.17, 15) is 9.18 Å². The number of unbranched alkanes of at least 4 members (excludes halogenated alkanes) is 2. The second-order valence-corrected chi connectivity index (χ2v) is 9.02. The lowest BCUT2D eigenvalue weighted by atomic mass is 9.95. The quantitative estimate of drug-likeness (QED) is 0.301. The minimum Gasteiger partial charge on any atom is -0.497 e. The molecule has 0 fully saturated rings. The van der Waals surface area contributed by atoms with Gasteiger partial charge in [0.1, 0.15) is 17.3 Å². The summed E-state index contributed by atoms with van der Waals surface area (Å²) >= 11 is 0. The molecule has 0 saturated carbocycles.